The van der Waals surface area contributed by atoms with Crippen molar-refractivity contribution in [2.24, 2.45) is 23.7 Å². The quantitative estimate of drug-likeness (QED) is 0.253. The van der Waals surface area contributed by atoms with Gasteiger partial charge in [0.15, 0.2) is 0 Å². The minimum Gasteiger partial charge on any atom is -0.394 e. The van der Waals surface area contributed by atoms with Gasteiger partial charge in [-0.1, -0.05) is 70.9 Å². The molecule has 3 heterocycles. The highest BCUT2D eigenvalue weighted by Crippen LogP contribution is 2.69. The number of para-hydroxylation sites is 1. The second-order valence-electron chi connectivity index (χ2n) is 12.1. The lowest BCUT2D eigenvalue weighted by atomic mass is 9.65. The second kappa shape index (κ2) is 13.2. The average molecular weight is 582 g/mol. The van der Waals surface area contributed by atoms with E-state index in [9.17, 15) is 19.5 Å². The number of anilines is 1. The van der Waals surface area contributed by atoms with E-state index in [4.69, 9.17) is 0 Å². The van der Waals surface area contributed by atoms with Crippen molar-refractivity contribution in [3.05, 3.63) is 55.6 Å². The molecule has 1 N–H and O–H groups in total. The van der Waals surface area contributed by atoms with Gasteiger partial charge in [0.2, 0.25) is 17.7 Å². The molecule has 8 heteroatoms. The Morgan fingerprint density at radius 1 is 1.15 bits per heavy atom. The highest BCUT2D eigenvalue weighted by atomic mass is 32.2. The Morgan fingerprint density at radius 3 is 2.41 bits per heavy atom. The number of carbonyl (C=O) groups excluding carboxylic acids is 3. The molecule has 7 atom stereocenters. The van der Waals surface area contributed by atoms with E-state index in [2.05, 4.69) is 27.0 Å². The van der Waals surface area contributed by atoms with Gasteiger partial charge in [0.05, 0.1) is 29.2 Å². The molecule has 3 aliphatic rings. The van der Waals surface area contributed by atoms with Crippen molar-refractivity contribution in [1.29, 1.82) is 0 Å². The molecule has 41 heavy (non-hydrogen) atoms. The van der Waals surface area contributed by atoms with Gasteiger partial charge in [-0.05, 0) is 36.8 Å². The van der Waals surface area contributed by atoms with Crippen LogP contribution < -0.4 is 4.90 Å². The molecule has 7 nitrogen and oxygen atoms in total. The molecule has 0 aliphatic carbocycles. The van der Waals surface area contributed by atoms with Gasteiger partial charge in [0.1, 0.15) is 6.04 Å². The molecule has 3 aliphatic heterocycles. The van der Waals surface area contributed by atoms with E-state index in [1.807, 2.05) is 49.1 Å². The lowest BCUT2D eigenvalue weighted by Gasteiger charge is -2.43. The summed E-state index contributed by atoms with van der Waals surface area (Å²) in [5.74, 6) is -1.53. The van der Waals surface area contributed by atoms with Crippen LogP contribution in [0.4, 0.5) is 5.69 Å². The predicted molar refractivity (Wildman–Crippen MR) is 167 cm³/mol. The number of aliphatic hydroxyl groups excluding tert-OH is 1. The molecule has 0 radical (unpaired) electrons. The number of nitrogens with zero attached hydrogens (tertiary/aromatic N) is 3. The van der Waals surface area contributed by atoms with Crippen molar-refractivity contribution in [2.45, 2.75) is 75.5 Å². The lowest BCUT2D eigenvalue weighted by molar-refractivity contribution is -0.146. The monoisotopic (exact) mass is 581 g/mol. The van der Waals surface area contributed by atoms with Crippen LogP contribution in [0.25, 0.3) is 0 Å². The molecule has 3 unspecified atom stereocenters. The summed E-state index contributed by atoms with van der Waals surface area (Å²) in [6.07, 6.45) is 7.15. The predicted octanol–water partition coefficient (Wildman–Crippen LogP) is 4.76. The van der Waals surface area contributed by atoms with Gasteiger partial charge in [0, 0.05) is 30.6 Å². The maximum absolute atomic E-state index is 14.6. The largest absolute Gasteiger partial charge is 0.394 e. The first-order chi connectivity index (χ1) is 19.7. The van der Waals surface area contributed by atoms with Gasteiger partial charge in [-0.3, -0.25) is 14.4 Å². The number of hydrogen-bond acceptors (Lipinski definition) is 5. The Balaban J connectivity index is 1.81. The van der Waals surface area contributed by atoms with E-state index in [0.29, 0.717) is 19.6 Å². The number of fused-ring (bicyclic) bond motifs is 1. The van der Waals surface area contributed by atoms with Crippen LogP contribution in [-0.4, -0.2) is 80.9 Å². The van der Waals surface area contributed by atoms with E-state index >= 15 is 0 Å². The van der Waals surface area contributed by atoms with Crippen LogP contribution in [0.3, 0.4) is 0 Å². The number of hydrogen-bond donors (Lipinski definition) is 1. The zero-order valence-corrected chi connectivity index (χ0v) is 25.9. The summed E-state index contributed by atoms with van der Waals surface area (Å²) in [6, 6.07) is 8.26. The summed E-state index contributed by atoms with van der Waals surface area (Å²) < 4.78 is -0.734. The third-order valence-electron chi connectivity index (χ3n) is 9.35. The van der Waals surface area contributed by atoms with Gasteiger partial charge >= 0.3 is 0 Å². The minimum absolute atomic E-state index is 0.0560. The Hall–Kier alpha value is -2.58. The zero-order chi connectivity index (χ0) is 29.9. The number of amides is 3. The molecule has 1 spiro atoms. The first kappa shape index (κ1) is 31.4. The summed E-state index contributed by atoms with van der Waals surface area (Å²) in [5.41, 5.74) is 0.769. The Labute approximate surface area is 250 Å². The summed E-state index contributed by atoms with van der Waals surface area (Å²) in [4.78, 5) is 48.9. The molecule has 2 bridgehead atoms. The summed E-state index contributed by atoms with van der Waals surface area (Å²) in [6.45, 7) is 17.1. The second-order valence-corrected chi connectivity index (χ2v) is 13.7. The molecule has 3 amide bonds. The van der Waals surface area contributed by atoms with Crippen molar-refractivity contribution in [2.75, 3.05) is 31.1 Å². The maximum atomic E-state index is 14.6. The number of aliphatic hydroxyl groups is 1. The van der Waals surface area contributed by atoms with Crippen LogP contribution >= 0.6 is 11.8 Å². The molecule has 224 valence electrons. The van der Waals surface area contributed by atoms with E-state index in [0.717, 1.165) is 31.4 Å². The number of thioether (sulfide) groups is 1. The number of carbonyl (C=O) groups is 3. The molecule has 4 rings (SSSR count). The summed E-state index contributed by atoms with van der Waals surface area (Å²) in [5, 5.41) is 10.5. The van der Waals surface area contributed by atoms with E-state index < -0.39 is 28.7 Å². The van der Waals surface area contributed by atoms with Gasteiger partial charge in [0.25, 0.3) is 0 Å². The Kier molecular flexibility index (Phi) is 10.1. The van der Waals surface area contributed by atoms with Crippen LogP contribution in [0.2, 0.25) is 0 Å². The summed E-state index contributed by atoms with van der Waals surface area (Å²) in [7, 11) is 0. The number of likely N-dealkylation sites (tertiary alicyclic amines) is 1. The minimum atomic E-state index is -0.742. The molecule has 0 saturated carbocycles. The third kappa shape index (κ3) is 5.38. The van der Waals surface area contributed by atoms with Gasteiger partial charge in [-0.2, -0.15) is 0 Å². The number of unbranched alkanes of at least 4 members (excludes halogenated alkanes) is 2. The van der Waals surface area contributed by atoms with Crippen molar-refractivity contribution < 1.29 is 19.5 Å². The fourth-order valence-corrected chi connectivity index (χ4v) is 9.81. The smallest absolute Gasteiger partial charge is 0.247 e. The van der Waals surface area contributed by atoms with Crippen molar-refractivity contribution in [1.82, 2.24) is 9.80 Å². The summed E-state index contributed by atoms with van der Waals surface area (Å²) >= 11 is 1.68. The fraction of sp³-hybridized carbons (Fsp3) is 0.606. The first-order valence-electron chi connectivity index (χ1n) is 15.2. The number of benzene rings is 1. The maximum Gasteiger partial charge on any atom is 0.247 e. The Bertz CT molecular complexity index is 1130. The molecule has 1 aromatic rings. The van der Waals surface area contributed by atoms with Crippen molar-refractivity contribution in [3.63, 3.8) is 0 Å². The van der Waals surface area contributed by atoms with Gasteiger partial charge in [-0.25, -0.2) is 0 Å². The van der Waals surface area contributed by atoms with Crippen LogP contribution in [0, 0.1) is 23.7 Å². The highest BCUT2D eigenvalue weighted by Gasteiger charge is 2.77. The molecule has 3 saturated heterocycles. The van der Waals surface area contributed by atoms with E-state index in [1.165, 1.54) is 0 Å². The average Bonchev–Trinajstić information content (AvgIpc) is 3.55. The van der Waals surface area contributed by atoms with Crippen LogP contribution in [-0.2, 0) is 14.4 Å². The standard InChI is InChI=1S/C33H47N3O4S/c1-7-10-14-19-34(17-8-2)32(40)29-33-23(6)20-26(41-33)27(28(33)31(39)36(29)25(21-37)22(4)5)30(38)35(18-9-3)24-15-12-11-13-16-24/h8-9,11-13,15-16,22-23,25-29,37H,2-3,7,10,14,17-21H2,1,4-6H3/t23?,25-,26-,27+,28-,29?,33?/m0/s1. The van der Waals surface area contributed by atoms with Gasteiger partial charge in [-0.15, -0.1) is 24.9 Å². The third-order valence-corrected chi connectivity index (χ3v) is 11.4. The van der Waals surface area contributed by atoms with Crippen LogP contribution in [0.15, 0.2) is 55.6 Å². The molecular formula is C33H47N3O4S. The Morgan fingerprint density at radius 2 is 1.83 bits per heavy atom. The SMILES string of the molecule is C=CCN(CCCCC)C(=O)C1N([C@@H](CO)C(C)C)C(=O)[C@@H]2[C@H](C(=O)N(CC=C)c3ccccc3)[C@@H]3CC(C)C12S3. The normalized spacial score (nSPS) is 29.0. The molecular weight excluding hydrogens is 534 g/mol. The van der Waals surface area contributed by atoms with Crippen molar-refractivity contribution >= 4 is 35.2 Å². The van der Waals surface area contributed by atoms with Crippen molar-refractivity contribution in [3.8, 4) is 0 Å². The first-order valence-corrected chi connectivity index (χ1v) is 16.0. The van der Waals surface area contributed by atoms with E-state index in [1.54, 1.807) is 33.7 Å². The molecule has 3 fully saturated rings. The molecule has 1 aromatic carbocycles. The lowest BCUT2D eigenvalue weighted by Crippen LogP contribution is -2.60. The zero-order valence-electron chi connectivity index (χ0n) is 25.1. The molecule has 0 aromatic heterocycles. The fourth-order valence-electron chi connectivity index (χ4n) is 7.41. The number of rotatable bonds is 14. The van der Waals surface area contributed by atoms with Crippen LogP contribution in [0.1, 0.15) is 53.4 Å². The van der Waals surface area contributed by atoms with E-state index in [-0.39, 0.29) is 41.4 Å². The van der Waals surface area contributed by atoms with Crippen LogP contribution in [0.5, 0.6) is 0 Å². The highest BCUT2D eigenvalue weighted by molar-refractivity contribution is 8.02. The topological polar surface area (TPSA) is 81.2 Å². The van der Waals surface area contributed by atoms with Gasteiger partial charge < -0.3 is 19.8 Å².